The number of rotatable bonds is 3. The number of benzene rings is 1. The Morgan fingerprint density at radius 3 is 2.45 bits per heavy atom. The van der Waals surface area contributed by atoms with Gasteiger partial charge in [-0.3, -0.25) is 4.79 Å². The summed E-state index contributed by atoms with van der Waals surface area (Å²) in [4.78, 5) is 21.1. The van der Waals surface area contributed by atoms with Crippen LogP contribution in [0, 0.1) is 5.82 Å². The summed E-state index contributed by atoms with van der Waals surface area (Å²) >= 11 is 11.9. The lowest BCUT2D eigenvalue weighted by Crippen LogP contribution is -2.13. The first-order valence-corrected chi connectivity index (χ1v) is 6.99. The van der Waals surface area contributed by atoms with Gasteiger partial charge in [0.1, 0.15) is 16.5 Å². The Balaban J connectivity index is 2.73. The summed E-state index contributed by atoms with van der Waals surface area (Å²) in [5.41, 5.74) is 5.91. The van der Waals surface area contributed by atoms with Crippen molar-refractivity contribution in [1.82, 2.24) is 9.97 Å². The normalized spacial score (nSPS) is 10.6. The van der Waals surface area contributed by atoms with E-state index in [0.717, 1.165) is 0 Å². The van der Waals surface area contributed by atoms with Gasteiger partial charge < -0.3 is 10.6 Å². The van der Waals surface area contributed by atoms with Gasteiger partial charge in [-0.15, -0.1) is 0 Å². The predicted molar refractivity (Wildman–Crippen MR) is 86.2 cm³/mol. The number of Topliss-reactive ketones (excluding diaryl/α,β-unsaturated/α-hetero) is 1. The van der Waals surface area contributed by atoms with Gasteiger partial charge in [-0.05, 0) is 12.1 Å². The minimum atomic E-state index is -0.603. The van der Waals surface area contributed by atoms with Crippen molar-refractivity contribution < 1.29 is 9.18 Å². The molecule has 8 heteroatoms. The van der Waals surface area contributed by atoms with Crippen LogP contribution in [0.25, 0.3) is 11.4 Å². The van der Waals surface area contributed by atoms with Crippen LogP contribution in [0.1, 0.15) is 17.4 Å². The third kappa shape index (κ3) is 2.84. The number of carbonyl (C=O) groups excluding carboxylic acids is 1. The fourth-order valence-electron chi connectivity index (χ4n) is 1.94. The summed E-state index contributed by atoms with van der Waals surface area (Å²) in [5.74, 6) is -1.10. The van der Waals surface area contributed by atoms with Gasteiger partial charge in [0, 0.05) is 21.0 Å². The number of aromatic nitrogens is 2. The maximum absolute atomic E-state index is 14.7. The molecule has 0 bridgehead atoms. The fourth-order valence-corrected chi connectivity index (χ4v) is 2.47. The number of ketones is 1. The first-order valence-electron chi connectivity index (χ1n) is 6.23. The molecule has 2 aromatic rings. The van der Waals surface area contributed by atoms with Crippen LogP contribution >= 0.6 is 23.2 Å². The molecule has 0 spiro atoms. The average molecular weight is 343 g/mol. The third-order valence-electron chi connectivity index (χ3n) is 2.97. The molecule has 0 fully saturated rings. The molecule has 2 N–H and O–H groups in total. The summed E-state index contributed by atoms with van der Waals surface area (Å²) in [5, 5.41) is 0.207. The van der Waals surface area contributed by atoms with Crippen molar-refractivity contribution in [2.24, 2.45) is 0 Å². The number of halogens is 3. The van der Waals surface area contributed by atoms with Crippen LogP contribution in [0.15, 0.2) is 12.1 Å². The molecular weight excluding hydrogens is 330 g/mol. The van der Waals surface area contributed by atoms with Gasteiger partial charge in [0.2, 0.25) is 0 Å². The van der Waals surface area contributed by atoms with Crippen molar-refractivity contribution in [2.45, 2.75) is 6.92 Å². The van der Waals surface area contributed by atoms with E-state index in [0.29, 0.717) is 0 Å². The van der Waals surface area contributed by atoms with Gasteiger partial charge in [0.25, 0.3) is 0 Å². The van der Waals surface area contributed by atoms with Crippen LogP contribution in [0.4, 0.5) is 15.9 Å². The van der Waals surface area contributed by atoms with Gasteiger partial charge in [-0.1, -0.05) is 23.2 Å². The van der Waals surface area contributed by atoms with Gasteiger partial charge in [-0.25, -0.2) is 14.4 Å². The van der Waals surface area contributed by atoms with Crippen molar-refractivity contribution >= 4 is 40.5 Å². The molecule has 0 unspecified atom stereocenters. The molecule has 0 radical (unpaired) electrons. The highest BCUT2D eigenvalue weighted by atomic mass is 35.5. The molecule has 0 saturated carbocycles. The predicted octanol–water partition coefficient (Wildman–Crippen LogP) is 3.44. The van der Waals surface area contributed by atoms with E-state index in [1.54, 1.807) is 14.1 Å². The van der Waals surface area contributed by atoms with E-state index >= 15 is 0 Å². The third-order valence-corrected chi connectivity index (χ3v) is 3.64. The Morgan fingerprint density at radius 1 is 1.27 bits per heavy atom. The SMILES string of the molecule is CC(=O)c1nc(-c2ccc(Cl)c(N(C)C)c2F)nc(N)c1Cl. The van der Waals surface area contributed by atoms with Crippen LogP contribution in [-0.2, 0) is 0 Å². The molecule has 2 rings (SSSR count). The van der Waals surface area contributed by atoms with Gasteiger partial charge in [0.15, 0.2) is 17.4 Å². The van der Waals surface area contributed by atoms with Crippen LogP contribution in [0.2, 0.25) is 10.0 Å². The highest BCUT2D eigenvalue weighted by molar-refractivity contribution is 6.35. The Bertz CT molecular complexity index is 765. The molecule has 1 heterocycles. The number of nitrogen functional groups attached to an aromatic ring is 1. The van der Waals surface area contributed by atoms with Crippen LogP contribution < -0.4 is 10.6 Å². The Morgan fingerprint density at radius 2 is 1.91 bits per heavy atom. The minimum absolute atomic E-state index is 0.0237. The maximum atomic E-state index is 14.7. The zero-order chi connectivity index (χ0) is 16.6. The summed E-state index contributed by atoms with van der Waals surface area (Å²) in [7, 11) is 3.32. The van der Waals surface area contributed by atoms with E-state index in [1.165, 1.54) is 24.0 Å². The lowest BCUT2D eigenvalue weighted by molar-refractivity contribution is 0.101. The molecule has 5 nitrogen and oxygen atoms in total. The number of nitrogens with zero attached hydrogens (tertiary/aromatic N) is 3. The lowest BCUT2D eigenvalue weighted by Gasteiger charge is -2.17. The van der Waals surface area contributed by atoms with E-state index in [4.69, 9.17) is 28.9 Å². The van der Waals surface area contributed by atoms with Crippen LogP contribution in [-0.4, -0.2) is 29.8 Å². The fraction of sp³-hybridized carbons (Fsp3) is 0.214. The number of anilines is 2. The molecule has 0 aliphatic rings. The zero-order valence-electron chi connectivity index (χ0n) is 12.1. The largest absolute Gasteiger partial charge is 0.382 e. The zero-order valence-corrected chi connectivity index (χ0v) is 13.6. The smallest absolute Gasteiger partial charge is 0.179 e. The Kier molecular flexibility index (Phi) is 4.53. The molecule has 0 aliphatic carbocycles. The van der Waals surface area contributed by atoms with Crippen LogP contribution in [0.3, 0.4) is 0 Å². The highest BCUT2D eigenvalue weighted by Gasteiger charge is 2.20. The standard InChI is InChI=1S/C14H13Cl2FN4O/c1-6(22)11-9(16)13(18)20-14(19-11)7-4-5-8(15)12(10(7)17)21(2)3/h4-5H,1-3H3,(H2,18,19,20). The topological polar surface area (TPSA) is 72.1 Å². The summed E-state index contributed by atoms with van der Waals surface area (Å²) in [6.07, 6.45) is 0. The minimum Gasteiger partial charge on any atom is -0.382 e. The summed E-state index contributed by atoms with van der Waals surface area (Å²) in [6, 6.07) is 2.95. The Labute approximate surface area is 136 Å². The van der Waals surface area contributed by atoms with E-state index in [9.17, 15) is 9.18 Å². The first-order chi connectivity index (χ1) is 10.2. The highest BCUT2D eigenvalue weighted by Crippen LogP contribution is 2.34. The molecule has 0 atom stereocenters. The quantitative estimate of drug-likeness (QED) is 0.865. The summed E-state index contributed by atoms with van der Waals surface area (Å²) < 4.78 is 14.7. The second kappa shape index (κ2) is 6.06. The van der Waals surface area contributed by atoms with Crippen molar-refractivity contribution in [2.75, 3.05) is 24.7 Å². The average Bonchev–Trinajstić information content (AvgIpc) is 2.41. The molecule has 0 aliphatic heterocycles. The van der Waals surface area contributed by atoms with Gasteiger partial charge in [0.05, 0.1) is 16.3 Å². The maximum Gasteiger partial charge on any atom is 0.179 e. The number of hydrogen-bond donors (Lipinski definition) is 1. The molecule has 1 aromatic carbocycles. The van der Waals surface area contributed by atoms with Crippen molar-refractivity contribution in [3.8, 4) is 11.4 Å². The molecule has 116 valence electrons. The lowest BCUT2D eigenvalue weighted by atomic mass is 10.1. The number of carbonyl (C=O) groups is 1. The van der Waals surface area contributed by atoms with Crippen molar-refractivity contribution in [3.05, 3.63) is 33.7 Å². The van der Waals surface area contributed by atoms with Gasteiger partial charge in [-0.2, -0.15) is 0 Å². The monoisotopic (exact) mass is 342 g/mol. The second-order valence-corrected chi connectivity index (χ2v) is 5.59. The van der Waals surface area contributed by atoms with Gasteiger partial charge >= 0.3 is 0 Å². The summed E-state index contributed by atoms with van der Waals surface area (Å²) in [6.45, 7) is 1.29. The molecule has 1 aromatic heterocycles. The van der Waals surface area contributed by atoms with E-state index in [-0.39, 0.29) is 44.4 Å². The first kappa shape index (κ1) is 16.5. The van der Waals surface area contributed by atoms with Crippen molar-refractivity contribution in [1.29, 1.82) is 0 Å². The molecule has 0 saturated heterocycles. The van der Waals surface area contributed by atoms with Crippen LogP contribution in [0.5, 0.6) is 0 Å². The molecule has 0 amide bonds. The van der Waals surface area contributed by atoms with Crippen molar-refractivity contribution in [3.63, 3.8) is 0 Å². The van der Waals surface area contributed by atoms with E-state index < -0.39 is 5.82 Å². The number of hydrogen-bond acceptors (Lipinski definition) is 5. The van der Waals surface area contributed by atoms with E-state index in [1.807, 2.05) is 0 Å². The Hall–Kier alpha value is -1.92. The van der Waals surface area contributed by atoms with E-state index in [2.05, 4.69) is 9.97 Å². The second-order valence-electron chi connectivity index (χ2n) is 4.80. The molecule has 22 heavy (non-hydrogen) atoms. The molecular formula is C14H13Cl2FN4O. The number of nitrogens with two attached hydrogens (primary N) is 1.